The number of sulfonamides is 1. The molecule has 0 aliphatic carbocycles. The van der Waals surface area contributed by atoms with Crippen molar-refractivity contribution in [2.75, 3.05) is 19.3 Å². The highest BCUT2D eigenvalue weighted by molar-refractivity contribution is 7.88. The maximum atomic E-state index is 11.3. The third-order valence-electron chi connectivity index (χ3n) is 2.89. The van der Waals surface area contributed by atoms with E-state index >= 15 is 0 Å². The quantitative estimate of drug-likeness (QED) is 0.712. The molecule has 4 nitrogen and oxygen atoms in total. The van der Waals surface area contributed by atoms with Crippen LogP contribution < -0.4 is 5.32 Å². The monoisotopic (exact) mass is 240 g/mol. The lowest BCUT2D eigenvalue weighted by Crippen LogP contribution is -2.59. The number of piperazine rings is 1. The molecule has 0 aromatic rings. The highest BCUT2D eigenvalue weighted by Crippen LogP contribution is 2.20. The second-order valence-electron chi connectivity index (χ2n) is 4.07. The molecule has 2 heterocycles. The summed E-state index contributed by atoms with van der Waals surface area (Å²) < 4.78 is 24.2. The topological polar surface area (TPSA) is 49.4 Å². The molecule has 0 aromatic heterocycles. The Morgan fingerprint density at radius 3 is 2.14 bits per heavy atom. The molecule has 14 heavy (non-hydrogen) atoms. The van der Waals surface area contributed by atoms with Crippen LogP contribution in [0.4, 0.5) is 0 Å². The molecule has 0 amide bonds. The third-order valence-corrected chi connectivity index (χ3v) is 4.13. The van der Waals surface area contributed by atoms with Gasteiger partial charge in [0.25, 0.3) is 0 Å². The van der Waals surface area contributed by atoms with Gasteiger partial charge in [-0.15, -0.1) is 12.4 Å². The van der Waals surface area contributed by atoms with Crippen LogP contribution in [0, 0.1) is 0 Å². The number of hydrogen-bond acceptors (Lipinski definition) is 3. The average Bonchev–Trinajstić information content (AvgIpc) is 2.01. The Morgan fingerprint density at radius 1 is 1.21 bits per heavy atom. The van der Waals surface area contributed by atoms with Crippen molar-refractivity contribution in [1.82, 2.24) is 9.62 Å². The second-order valence-corrected chi connectivity index (χ2v) is 6.05. The van der Waals surface area contributed by atoms with Gasteiger partial charge < -0.3 is 5.32 Å². The molecule has 2 aliphatic rings. The van der Waals surface area contributed by atoms with Crippen molar-refractivity contribution in [2.24, 2.45) is 0 Å². The predicted molar refractivity (Wildman–Crippen MR) is 58.2 cm³/mol. The van der Waals surface area contributed by atoms with Crippen LogP contribution in [-0.2, 0) is 10.0 Å². The lowest BCUT2D eigenvalue weighted by molar-refractivity contribution is 0.191. The van der Waals surface area contributed by atoms with E-state index in [1.807, 2.05) is 0 Å². The molecule has 2 atom stereocenters. The van der Waals surface area contributed by atoms with Gasteiger partial charge >= 0.3 is 0 Å². The SMILES string of the molecule is CS(=O)(=O)N1CC2CCCC(C1)N2.Cl. The largest absolute Gasteiger partial charge is 0.309 e. The Bertz CT molecular complexity index is 282. The van der Waals surface area contributed by atoms with Crippen LogP contribution in [-0.4, -0.2) is 44.2 Å². The Hall–Kier alpha value is 0.160. The number of hydrogen-bond donors (Lipinski definition) is 1. The van der Waals surface area contributed by atoms with Gasteiger partial charge in [0.1, 0.15) is 0 Å². The molecule has 2 rings (SSSR count). The van der Waals surface area contributed by atoms with Crippen LogP contribution in [0.3, 0.4) is 0 Å². The molecule has 1 N–H and O–H groups in total. The smallest absolute Gasteiger partial charge is 0.211 e. The van der Waals surface area contributed by atoms with Crippen LogP contribution >= 0.6 is 12.4 Å². The van der Waals surface area contributed by atoms with E-state index in [0.29, 0.717) is 25.2 Å². The minimum absolute atomic E-state index is 0. The van der Waals surface area contributed by atoms with Crippen molar-refractivity contribution >= 4 is 22.4 Å². The number of nitrogens with zero attached hydrogens (tertiary/aromatic N) is 1. The van der Waals surface area contributed by atoms with E-state index in [9.17, 15) is 8.42 Å². The third kappa shape index (κ3) is 2.59. The highest BCUT2D eigenvalue weighted by Gasteiger charge is 2.33. The van der Waals surface area contributed by atoms with Crippen molar-refractivity contribution in [1.29, 1.82) is 0 Å². The molecule has 84 valence electrons. The highest BCUT2D eigenvalue weighted by atomic mass is 35.5. The molecule has 0 radical (unpaired) electrons. The summed E-state index contributed by atoms with van der Waals surface area (Å²) in [5, 5.41) is 3.45. The minimum Gasteiger partial charge on any atom is -0.309 e. The Morgan fingerprint density at radius 2 is 1.71 bits per heavy atom. The first-order valence-electron chi connectivity index (χ1n) is 4.77. The van der Waals surface area contributed by atoms with Gasteiger partial charge in [-0.25, -0.2) is 8.42 Å². The van der Waals surface area contributed by atoms with Gasteiger partial charge in [0, 0.05) is 25.2 Å². The zero-order valence-corrected chi connectivity index (χ0v) is 9.90. The zero-order valence-electron chi connectivity index (χ0n) is 8.27. The number of rotatable bonds is 1. The van der Waals surface area contributed by atoms with Gasteiger partial charge in [-0.2, -0.15) is 4.31 Å². The maximum Gasteiger partial charge on any atom is 0.211 e. The molecule has 6 heteroatoms. The molecule has 0 aromatic carbocycles. The first-order valence-corrected chi connectivity index (χ1v) is 6.62. The molecule has 0 saturated carbocycles. The van der Waals surface area contributed by atoms with Crippen LogP contribution in [0.15, 0.2) is 0 Å². The minimum atomic E-state index is -2.97. The van der Waals surface area contributed by atoms with E-state index in [-0.39, 0.29) is 12.4 Å². The maximum absolute atomic E-state index is 11.3. The van der Waals surface area contributed by atoms with E-state index in [0.717, 1.165) is 12.8 Å². The molecule has 2 bridgehead atoms. The van der Waals surface area contributed by atoms with Gasteiger partial charge in [-0.05, 0) is 12.8 Å². The lowest BCUT2D eigenvalue weighted by atomic mass is 9.96. The van der Waals surface area contributed by atoms with Gasteiger partial charge in [0.2, 0.25) is 10.0 Å². The summed E-state index contributed by atoms with van der Waals surface area (Å²) in [6.45, 7) is 1.32. The molecule has 2 saturated heterocycles. The molecule has 2 aliphatic heterocycles. The van der Waals surface area contributed by atoms with Crippen molar-refractivity contribution in [2.45, 2.75) is 31.3 Å². The fourth-order valence-corrected chi connectivity index (χ4v) is 3.14. The summed E-state index contributed by atoms with van der Waals surface area (Å²) >= 11 is 0. The summed E-state index contributed by atoms with van der Waals surface area (Å²) in [6.07, 6.45) is 4.76. The Labute approximate surface area is 91.5 Å². The van der Waals surface area contributed by atoms with Crippen molar-refractivity contribution in [3.8, 4) is 0 Å². The van der Waals surface area contributed by atoms with E-state index < -0.39 is 10.0 Å². The van der Waals surface area contributed by atoms with E-state index in [4.69, 9.17) is 0 Å². The summed E-state index contributed by atoms with van der Waals surface area (Å²) in [7, 11) is -2.97. The van der Waals surface area contributed by atoms with Gasteiger partial charge in [-0.1, -0.05) is 6.42 Å². The number of fused-ring (bicyclic) bond motifs is 2. The summed E-state index contributed by atoms with van der Waals surface area (Å²) in [4.78, 5) is 0. The summed E-state index contributed by atoms with van der Waals surface area (Å²) in [6, 6.07) is 0.782. The van der Waals surface area contributed by atoms with Crippen molar-refractivity contribution < 1.29 is 8.42 Å². The van der Waals surface area contributed by atoms with E-state index in [2.05, 4.69) is 5.32 Å². The van der Waals surface area contributed by atoms with E-state index in [1.165, 1.54) is 12.7 Å². The normalized spacial score (nSPS) is 33.5. The van der Waals surface area contributed by atoms with Crippen LogP contribution in [0.1, 0.15) is 19.3 Å². The number of piperidine rings is 1. The van der Waals surface area contributed by atoms with E-state index in [1.54, 1.807) is 4.31 Å². The van der Waals surface area contributed by atoms with Gasteiger partial charge in [0.15, 0.2) is 0 Å². The van der Waals surface area contributed by atoms with Gasteiger partial charge in [0.05, 0.1) is 6.26 Å². The summed E-state index contributed by atoms with van der Waals surface area (Å²) in [5.41, 5.74) is 0. The zero-order chi connectivity index (χ0) is 9.47. The summed E-state index contributed by atoms with van der Waals surface area (Å²) in [5.74, 6) is 0. The molecule has 2 unspecified atom stereocenters. The standard InChI is InChI=1S/C8H16N2O2S.ClH/c1-13(11,12)10-5-7-3-2-4-8(6-10)9-7;/h7-9H,2-6H2,1H3;1H. The van der Waals surface area contributed by atoms with Gasteiger partial charge in [-0.3, -0.25) is 0 Å². The predicted octanol–water partition coefficient (Wildman–Crippen LogP) is 0.194. The Kier molecular flexibility index (Phi) is 3.80. The fourth-order valence-electron chi connectivity index (χ4n) is 2.24. The molecule has 0 spiro atoms. The number of halogens is 1. The Balaban J connectivity index is 0.000000980. The van der Waals surface area contributed by atoms with Crippen molar-refractivity contribution in [3.05, 3.63) is 0 Å². The first kappa shape index (κ1) is 12.2. The van der Waals surface area contributed by atoms with Crippen LogP contribution in [0.2, 0.25) is 0 Å². The molecular weight excluding hydrogens is 224 g/mol. The molecular formula is C8H17ClN2O2S. The fraction of sp³-hybridized carbons (Fsp3) is 1.00. The van der Waals surface area contributed by atoms with Crippen molar-refractivity contribution in [3.63, 3.8) is 0 Å². The van der Waals surface area contributed by atoms with Crippen LogP contribution in [0.25, 0.3) is 0 Å². The average molecular weight is 241 g/mol. The van der Waals surface area contributed by atoms with Crippen LogP contribution in [0.5, 0.6) is 0 Å². The lowest BCUT2D eigenvalue weighted by Gasteiger charge is -2.41. The molecule has 2 fully saturated rings. The first-order chi connectivity index (χ1) is 6.05. The number of nitrogens with one attached hydrogen (secondary N) is 1. The second kappa shape index (κ2) is 4.35.